The molecular formula is C56H88FN5O15S. The number of nitrogens with zero attached hydrogens (tertiary/aromatic N) is 4. The molecule has 0 radical (unpaired) electrons. The summed E-state index contributed by atoms with van der Waals surface area (Å²) >= 11 is 0. The predicted molar refractivity (Wildman–Crippen MR) is 286 cm³/mol. The summed E-state index contributed by atoms with van der Waals surface area (Å²) in [5.74, 6) is -3.63. The van der Waals surface area contributed by atoms with E-state index in [1.165, 1.54) is 30.8 Å². The zero-order valence-electron chi connectivity index (χ0n) is 48.1. The van der Waals surface area contributed by atoms with Crippen LogP contribution in [-0.2, 0) is 70.2 Å². The van der Waals surface area contributed by atoms with Crippen molar-refractivity contribution in [2.45, 2.75) is 210 Å². The number of nitrogens with one attached hydrogen (secondary N) is 1. The Kier molecular flexibility index (Phi) is 21.1. The van der Waals surface area contributed by atoms with Gasteiger partial charge in [0.1, 0.15) is 30.6 Å². The molecule has 1 aromatic heterocycles. The highest BCUT2D eigenvalue weighted by Crippen LogP contribution is 2.43. The van der Waals surface area contributed by atoms with Gasteiger partial charge in [0.2, 0.25) is 5.91 Å². The van der Waals surface area contributed by atoms with Crippen LogP contribution < -0.4 is 5.32 Å². The van der Waals surface area contributed by atoms with Crippen molar-refractivity contribution in [2.75, 3.05) is 46.8 Å². The number of cyclic esters (lactones) is 1. The largest absolute Gasteiger partial charge is 0.459 e. The average molecular weight is 1120 g/mol. The summed E-state index contributed by atoms with van der Waals surface area (Å²) in [6.07, 6.45) is -5.78. The number of esters is 1. The Hall–Kier alpha value is -3.78. The van der Waals surface area contributed by atoms with Gasteiger partial charge in [-0.05, 0) is 98.0 Å². The van der Waals surface area contributed by atoms with E-state index < -0.39 is 131 Å². The summed E-state index contributed by atoms with van der Waals surface area (Å²) in [7, 11) is -0.00724. The van der Waals surface area contributed by atoms with Gasteiger partial charge < -0.3 is 63.4 Å². The Labute approximate surface area is 460 Å². The normalized spacial score (nSPS) is 38.2. The van der Waals surface area contributed by atoms with Crippen LogP contribution in [0.3, 0.4) is 0 Å². The lowest BCUT2D eigenvalue weighted by Crippen LogP contribution is -2.61. The van der Waals surface area contributed by atoms with E-state index in [-0.39, 0.29) is 49.7 Å². The molecule has 2 saturated heterocycles. The van der Waals surface area contributed by atoms with Gasteiger partial charge in [0.25, 0.3) is 0 Å². The summed E-state index contributed by atoms with van der Waals surface area (Å²) < 4.78 is 92.8. The van der Waals surface area contributed by atoms with Crippen molar-refractivity contribution >= 4 is 21.7 Å². The molecule has 6 rings (SSSR count). The second-order valence-corrected chi connectivity index (χ2v) is 25.2. The molecule has 4 N–H and O–H groups in total. The van der Waals surface area contributed by atoms with E-state index in [9.17, 15) is 37.7 Å². The topological polar surface area (TPSA) is 249 Å². The average Bonchev–Trinajstić information content (AvgIpc) is 3.90. The number of hydrogen-bond acceptors (Lipinski definition) is 18. The first kappa shape index (κ1) is 63.4. The van der Waals surface area contributed by atoms with Crippen LogP contribution >= 0.6 is 0 Å². The number of alkyl halides is 1. The highest BCUT2D eigenvalue weighted by Gasteiger charge is 2.54. The fourth-order valence-electron chi connectivity index (χ4n) is 11.9. The highest BCUT2D eigenvalue weighted by atomic mass is 32.2. The number of aromatic nitrogens is 3. The summed E-state index contributed by atoms with van der Waals surface area (Å²) in [5.41, 5.74) is -1.29. The van der Waals surface area contributed by atoms with Gasteiger partial charge in [-0.2, -0.15) is 0 Å². The number of fused-ring (bicyclic) bond motifs is 4. The zero-order chi connectivity index (χ0) is 57.8. The molecule has 1 amide bonds. The number of methoxy groups -OCH3 is 1. The van der Waals surface area contributed by atoms with Crippen LogP contribution in [0.4, 0.5) is 4.39 Å². The van der Waals surface area contributed by atoms with Gasteiger partial charge in [0.15, 0.2) is 22.4 Å². The molecule has 1 aromatic carbocycles. The molecule has 18 atom stereocenters. The van der Waals surface area contributed by atoms with Crippen LogP contribution in [0.15, 0.2) is 58.8 Å². The Morgan fingerprint density at radius 3 is 2.36 bits per heavy atom. The fourth-order valence-corrected chi connectivity index (χ4v) is 12.6. The second kappa shape index (κ2) is 26.0. The van der Waals surface area contributed by atoms with Crippen molar-refractivity contribution in [2.24, 2.45) is 17.8 Å². The van der Waals surface area contributed by atoms with Gasteiger partial charge >= 0.3 is 5.97 Å². The minimum atomic E-state index is -3.39. The van der Waals surface area contributed by atoms with Crippen molar-refractivity contribution in [3.63, 3.8) is 0 Å². The summed E-state index contributed by atoms with van der Waals surface area (Å²) in [4.78, 5) is 30.1. The molecule has 440 valence electrons. The van der Waals surface area contributed by atoms with Gasteiger partial charge in [0.05, 0.1) is 77.5 Å². The number of halogens is 1. The lowest BCUT2D eigenvalue weighted by Gasteiger charge is -2.50. The molecule has 20 nitrogen and oxygen atoms in total. The standard InChI is InChI=1S/C56H88FN5O15S/c1-16-44-56(12,67)51-34(5)46(58-38(9)63)32(3)25-55(11,72-30-31(2)29-71-51)50(35(6)48(36(7)52(66)75-44)76-45-26-54(10,70-14)49(65)37(8)74-45)77-53-47(64)43(23-33(4)73-53)61(13)22-21-40-28-62(60-59-40)41(27-57)24-39-17-19-42(20-18-39)78(15,68)69/h17-20,28,33-37,41,43-45,47-51,53,64-65,67H,2,16,21-27,29-30H2,1,3-15H3,(H,58,63)/b46-32+/t33-,34+,35+,36-,37+,41+,43+,44-,45+,47-,48+,49+,50-,51-,53+,54-,55-,56-/m1/s1. The van der Waals surface area contributed by atoms with Crippen LogP contribution in [-0.4, -0.2) is 187 Å². The summed E-state index contributed by atoms with van der Waals surface area (Å²) in [5, 5.41) is 48.0. The molecule has 4 aliphatic rings. The van der Waals surface area contributed by atoms with E-state index in [0.29, 0.717) is 41.9 Å². The third-order valence-electron chi connectivity index (χ3n) is 16.6. The summed E-state index contributed by atoms with van der Waals surface area (Å²) in [6, 6.07) is 5.14. The van der Waals surface area contributed by atoms with Gasteiger partial charge in [-0.25, -0.2) is 17.5 Å². The van der Waals surface area contributed by atoms with Crippen LogP contribution in [0.5, 0.6) is 0 Å². The third kappa shape index (κ3) is 14.6. The van der Waals surface area contributed by atoms with E-state index in [2.05, 4.69) is 22.2 Å². The first-order valence-electron chi connectivity index (χ1n) is 27.3. The second-order valence-electron chi connectivity index (χ2n) is 23.2. The number of amides is 1. The zero-order valence-corrected chi connectivity index (χ0v) is 49.0. The quantitative estimate of drug-likeness (QED) is 0.128. The number of sulfone groups is 1. The lowest BCUT2D eigenvalue weighted by molar-refractivity contribution is -0.319. The molecule has 2 aromatic rings. The van der Waals surface area contributed by atoms with Crippen molar-refractivity contribution in [3.05, 3.63) is 65.1 Å². The SMILES string of the molecule is C=C1CO[C@@H]2[C@@H](C)/C(NC(C)=O)=C(/C)C[C@@](C)(OC1)[C@H](O[C@@H]1O[C@H](C)C[C@H](N(C)CCc3cn([C@H](CF)Cc4ccc(S(C)(=O)=O)cc4)nn3)[C@H]1O)[C@@H](C)[C@H](O[C@H]1C[C@@](C)(OC)[C@@H](O)[C@H](C)O1)[C@@H](C)C(=O)O[C@H](CC)[C@@]2(C)O. The van der Waals surface area contributed by atoms with E-state index in [0.717, 1.165) is 11.8 Å². The number of rotatable bonds is 16. The number of ether oxygens (including phenoxy) is 8. The van der Waals surface area contributed by atoms with E-state index in [1.807, 2.05) is 46.6 Å². The molecule has 0 spiro atoms. The fraction of sp³-hybridized carbons (Fsp3) is 0.750. The number of benzene rings is 1. The molecule has 2 bridgehead atoms. The first-order chi connectivity index (χ1) is 36.5. The lowest BCUT2D eigenvalue weighted by atomic mass is 9.76. The Balaban J connectivity index is 1.38. The molecule has 78 heavy (non-hydrogen) atoms. The van der Waals surface area contributed by atoms with Crippen LogP contribution in [0.1, 0.15) is 119 Å². The Bertz CT molecular complexity index is 2510. The monoisotopic (exact) mass is 1120 g/mol. The number of aliphatic hydroxyl groups is 3. The van der Waals surface area contributed by atoms with Crippen molar-refractivity contribution in [1.29, 1.82) is 0 Å². The van der Waals surface area contributed by atoms with Gasteiger partial charge in [-0.3, -0.25) is 9.59 Å². The highest BCUT2D eigenvalue weighted by molar-refractivity contribution is 7.90. The third-order valence-corrected chi connectivity index (χ3v) is 17.7. The molecule has 0 aliphatic carbocycles. The van der Waals surface area contributed by atoms with Crippen LogP contribution in [0, 0.1) is 17.8 Å². The number of carbonyl (C=O) groups excluding carboxylic acids is 2. The smallest absolute Gasteiger partial charge is 0.311 e. The maximum atomic E-state index is 14.9. The maximum Gasteiger partial charge on any atom is 0.311 e. The van der Waals surface area contributed by atoms with Crippen LogP contribution in [0.25, 0.3) is 0 Å². The van der Waals surface area contributed by atoms with Gasteiger partial charge in [-0.15, -0.1) is 5.10 Å². The van der Waals surface area contributed by atoms with Crippen molar-refractivity contribution < 1.29 is 75.6 Å². The van der Waals surface area contributed by atoms with Crippen molar-refractivity contribution in [3.8, 4) is 0 Å². The molecule has 4 aliphatic heterocycles. The Morgan fingerprint density at radius 1 is 1.06 bits per heavy atom. The summed E-state index contributed by atoms with van der Waals surface area (Å²) in [6.45, 7) is 23.1. The number of hydrogen-bond donors (Lipinski definition) is 4. The molecular weight excluding hydrogens is 1030 g/mol. The number of likely N-dealkylation sites (N-methyl/N-ethyl adjacent to an activating group) is 1. The van der Waals surface area contributed by atoms with Gasteiger partial charge in [-0.1, -0.05) is 50.3 Å². The molecule has 0 unspecified atom stereocenters. The van der Waals surface area contributed by atoms with E-state index in [1.54, 1.807) is 52.9 Å². The Morgan fingerprint density at radius 2 is 1.74 bits per heavy atom. The number of aliphatic hydroxyl groups excluding tert-OH is 2. The minimum Gasteiger partial charge on any atom is -0.459 e. The van der Waals surface area contributed by atoms with Crippen LogP contribution in [0.2, 0.25) is 0 Å². The minimum absolute atomic E-state index is 0.0405. The predicted octanol–water partition coefficient (Wildman–Crippen LogP) is 4.97. The van der Waals surface area contributed by atoms with Gasteiger partial charge in [0, 0.05) is 75.9 Å². The molecule has 5 heterocycles. The van der Waals surface area contributed by atoms with E-state index in [4.69, 9.17) is 37.9 Å². The molecule has 0 saturated carbocycles. The van der Waals surface area contributed by atoms with Crippen molar-refractivity contribution in [1.82, 2.24) is 25.2 Å². The number of carbonyl (C=O) groups is 2. The van der Waals surface area contributed by atoms with E-state index >= 15 is 0 Å². The maximum absolute atomic E-state index is 14.9. The molecule has 2 fully saturated rings. The molecule has 22 heteroatoms. The first-order valence-corrected chi connectivity index (χ1v) is 29.2.